The van der Waals surface area contributed by atoms with E-state index >= 15 is 0 Å². The first-order valence-corrected chi connectivity index (χ1v) is 7.18. The Balaban J connectivity index is 2.17. The van der Waals surface area contributed by atoms with Gasteiger partial charge in [0.1, 0.15) is 0 Å². The molecule has 21 heavy (non-hydrogen) atoms. The Morgan fingerprint density at radius 1 is 1.05 bits per heavy atom. The van der Waals surface area contributed by atoms with Crippen molar-refractivity contribution in [2.24, 2.45) is 5.41 Å². The maximum absolute atomic E-state index is 11.6. The number of carbonyl (C=O) groups excluding carboxylic acids is 2. The molecule has 0 saturated carbocycles. The van der Waals surface area contributed by atoms with Crippen molar-refractivity contribution in [2.75, 3.05) is 18.8 Å². The Labute approximate surface area is 126 Å². The van der Waals surface area contributed by atoms with Crippen molar-refractivity contribution in [2.45, 2.75) is 33.6 Å². The first kappa shape index (κ1) is 17.0. The zero-order valence-electron chi connectivity index (χ0n) is 13.0. The van der Waals surface area contributed by atoms with Crippen LogP contribution in [0.25, 0.3) is 0 Å². The third-order valence-electron chi connectivity index (χ3n) is 3.03. The highest BCUT2D eigenvalue weighted by molar-refractivity contribution is 5.82. The van der Waals surface area contributed by atoms with Gasteiger partial charge in [0.25, 0.3) is 0 Å². The number of nitrogens with two attached hydrogens (primary N) is 1. The Morgan fingerprint density at radius 2 is 1.67 bits per heavy atom. The number of hydrogen-bond acceptors (Lipinski definition) is 3. The molecule has 5 nitrogen and oxygen atoms in total. The van der Waals surface area contributed by atoms with Gasteiger partial charge in [-0.2, -0.15) is 0 Å². The van der Waals surface area contributed by atoms with Crippen LogP contribution < -0.4 is 16.4 Å². The highest BCUT2D eigenvalue weighted by atomic mass is 16.2. The summed E-state index contributed by atoms with van der Waals surface area (Å²) in [6.07, 6.45) is 1.06. The molecule has 0 spiro atoms. The van der Waals surface area contributed by atoms with E-state index in [-0.39, 0.29) is 11.8 Å². The molecular formula is C16H25N3O2. The minimum absolute atomic E-state index is 0.0443. The van der Waals surface area contributed by atoms with Crippen molar-refractivity contribution in [1.82, 2.24) is 10.6 Å². The van der Waals surface area contributed by atoms with Gasteiger partial charge in [-0.3, -0.25) is 9.59 Å². The maximum Gasteiger partial charge on any atom is 0.225 e. The molecule has 0 atom stereocenters. The summed E-state index contributed by atoms with van der Waals surface area (Å²) in [4.78, 5) is 23.3. The number of nitrogens with one attached hydrogen (secondary N) is 2. The lowest BCUT2D eigenvalue weighted by Crippen LogP contribution is -2.37. The van der Waals surface area contributed by atoms with Crippen LogP contribution in [0.4, 0.5) is 5.69 Å². The monoisotopic (exact) mass is 291 g/mol. The van der Waals surface area contributed by atoms with E-state index in [1.807, 2.05) is 45.0 Å². The highest BCUT2D eigenvalue weighted by Gasteiger charge is 2.20. The Morgan fingerprint density at radius 3 is 2.24 bits per heavy atom. The van der Waals surface area contributed by atoms with Crippen LogP contribution in [0.5, 0.6) is 0 Å². The zero-order chi connectivity index (χ0) is 15.9. The number of rotatable bonds is 6. The van der Waals surface area contributed by atoms with Gasteiger partial charge in [-0.15, -0.1) is 0 Å². The van der Waals surface area contributed by atoms with E-state index in [0.29, 0.717) is 19.5 Å². The highest BCUT2D eigenvalue weighted by Crippen LogP contribution is 2.12. The van der Waals surface area contributed by atoms with Gasteiger partial charge < -0.3 is 16.4 Å². The van der Waals surface area contributed by atoms with Gasteiger partial charge in [0, 0.05) is 30.6 Å². The van der Waals surface area contributed by atoms with Gasteiger partial charge in [-0.1, -0.05) is 32.9 Å². The second-order valence-corrected chi connectivity index (χ2v) is 6.10. The van der Waals surface area contributed by atoms with Crippen LogP contribution in [0.2, 0.25) is 0 Å². The van der Waals surface area contributed by atoms with E-state index in [1.165, 1.54) is 0 Å². The van der Waals surface area contributed by atoms with E-state index in [0.717, 1.165) is 17.7 Å². The SMILES string of the molecule is CC(C)(C)C(=O)NCCC(=O)NCCc1ccc(N)cc1. The average molecular weight is 291 g/mol. The summed E-state index contributed by atoms with van der Waals surface area (Å²) in [5, 5.41) is 5.59. The normalized spacial score (nSPS) is 11.0. The van der Waals surface area contributed by atoms with Crippen molar-refractivity contribution in [3.05, 3.63) is 29.8 Å². The van der Waals surface area contributed by atoms with Gasteiger partial charge in [0.2, 0.25) is 11.8 Å². The first-order valence-electron chi connectivity index (χ1n) is 7.18. The molecule has 0 heterocycles. The molecule has 4 N–H and O–H groups in total. The van der Waals surface area contributed by atoms with E-state index in [2.05, 4.69) is 10.6 Å². The molecule has 0 aliphatic heterocycles. The summed E-state index contributed by atoms with van der Waals surface area (Å²) in [6, 6.07) is 7.59. The smallest absolute Gasteiger partial charge is 0.225 e. The molecule has 0 fully saturated rings. The van der Waals surface area contributed by atoms with Crippen molar-refractivity contribution in [1.29, 1.82) is 0 Å². The van der Waals surface area contributed by atoms with Gasteiger partial charge in [0.05, 0.1) is 0 Å². The van der Waals surface area contributed by atoms with Crippen LogP contribution >= 0.6 is 0 Å². The lowest BCUT2D eigenvalue weighted by molar-refractivity contribution is -0.128. The fraction of sp³-hybridized carbons (Fsp3) is 0.500. The molecule has 0 aliphatic rings. The quantitative estimate of drug-likeness (QED) is 0.694. The number of nitrogen functional groups attached to an aromatic ring is 1. The van der Waals surface area contributed by atoms with E-state index in [9.17, 15) is 9.59 Å². The lowest BCUT2D eigenvalue weighted by Gasteiger charge is -2.17. The Hall–Kier alpha value is -2.04. The molecule has 2 amide bonds. The topological polar surface area (TPSA) is 84.2 Å². The number of anilines is 1. The minimum atomic E-state index is -0.425. The average Bonchev–Trinajstić information content (AvgIpc) is 2.40. The van der Waals surface area contributed by atoms with Crippen molar-refractivity contribution in [3.63, 3.8) is 0 Å². The molecule has 116 valence electrons. The second-order valence-electron chi connectivity index (χ2n) is 6.10. The maximum atomic E-state index is 11.6. The molecule has 0 radical (unpaired) electrons. The number of carbonyl (C=O) groups is 2. The molecule has 0 aliphatic carbocycles. The van der Waals surface area contributed by atoms with Crippen LogP contribution in [0.1, 0.15) is 32.8 Å². The molecule has 5 heteroatoms. The minimum Gasteiger partial charge on any atom is -0.399 e. The van der Waals surface area contributed by atoms with Crippen molar-refractivity contribution >= 4 is 17.5 Å². The summed E-state index contributed by atoms with van der Waals surface area (Å²) in [5.41, 5.74) is 7.05. The molecule has 0 saturated heterocycles. The largest absolute Gasteiger partial charge is 0.399 e. The number of hydrogen-bond donors (Lipinski definition) is 3. The van der Waals surface area contributed by atoms with Crippen molar-refractivity contribution < 1.29 is 9.59 Å². The van der Waals surface area contributed by atoms with Crippen LogP contribution in [-0.4, -0.2) is 24.9 Å². The summed E-state index contributed by atoms with van der Waals surface area (Å²) < 4.78 is 0. The van der Waals surface area contributed by atoms with Gasteiger partial charge in [-0.25, -0.2) is 0 Å². The van der Waals surface area contributed by atoms with Gasteiger partial charge in [-0.05, 0) is 24.1 Å². The molecule has 1 aromatic rings. The van der Waals surface area contributed by atoms with Crippen LogP contribution in [0, 0.1) is 5.41 Å². The molecule has 0 bridgehead atoms. The molecule has 0 unspecified atom stereocenters. The standard InChI is InChI=1S/C16H25N3O2/c1-16(2,3)15(21)19-11-9-14(20)18-10-8-12-4-6-13(17)7-5-12/h4-7H,8-11,17H2,1-3H3,(H,18,20)(H,19,21). The zero-order valence-corrected chi connectivity index (χ0v) is 13.0. The summed E-state index contributed by atoms with van der Waals surface area (Å²) >= 11 is 0. The van der Waals surface area contributed by atoms with E-state index in [4.69, 9.17) is 5.73 Å². The van der Waals surface area contributed by atoms with Gasteiger partial charge in [0.15, 0.2) is 0 Å². The molecule has 1 aromatic carbocycles. The van der Waals surface area contributed by atoms with E-state index < -0.39 is 5.41 Å². The second kappa shape index (κ2) is 7.67. The summed E-state index contributed by atoms with van der Waals surface area (Å²) in [5.74, 6) is -0.100. The molecule has 1 rings (SSSR count). The third kappa shape index (κ3) is 6.79. The Kier molecular flexibility index (Phi) is 6.21. The molecular weight excluding hydrogens is 266 g/mol. The van der Waals surface area contributed by atoms with Crippen LogP contribution in [0.15, 0.2) is 24.3 Å². The lowest BCUT2D eigenvalue weighted by atomic mass is 9.96. The first-order chi connectivity index (χ1) is 9.79. The number of benzene rings is 1. The third-order valence-corrected chi connectivity index (χ3v) is 3.03. The predicted octanol–water partition coefficient (Wildman–Crippen LogP) is 1.48. The van der Waals surface area contributed by atoms with Crippen LogP contribution in [0.3, 0.4) is 0 Å². The van der Waals surface area contributed by atoms with E-state index in [1.54, 1.807) is 0 Å². The number of amides is 2. The molecule has 0 aromatic heterocycles. The van der Waals surface area contributed by atoms with Crippen LogP contribution in [-0.2, 0) is 16.0 Å². The van der Waals surface area contributed by atoms with Gasteiger partial charge >= 0.3 is 0 Å². The summed E-state index contributed by atoms with van der Waals surface area (Å²) in [6.45, 7) is 6.47. The summed E-state index contributed by atoms with van der Waals surface area (Å²) in [7, 11) is 0. The fourth-order valence-electron chi connectivity index (χ4n) is 1.67. The van der Waals surface area contributed by atoms with Crippen molar-refractivity contribution in [3.8, 4) is 0 Å². The predicted molar refractivity (Wildman–Crippen MR) is 84.6 cm³/mol. The fourth-order valence-corrected chi connectivity index (χ4v) is 1.67. The Bertz CT molecular complexity index is 475.